The molecule has 5 rings (SSSR count). The van der Waals surface area contributed by atoms with Gasteiger partial charge in [0, 0.05) is 28.4 Å². The maximum Gasteiger partial charge on any atom is 0.454 e. The van der Waals surface area contributed by atoms with Crippen LogP contribution in [0.3, 0.4) is 0 Å². The molecule has 0 heterocycles. The second kappa shape index (κ2) is 16.1. The molecule has 4 aromatic rings. The van der Waals surface area contributed by atoms with Gasteiger partial charge in [-0.3, -0.25) is 18.9 Å². The van der Waals surface area contributed by atoms with Gasteiger partial charge in [0.15, 0.2) is 0 Å². The summed E-state index contributed by atoms with van der Waals surface area (Å²) in [5.41, 5.74) is 5.36. The lowest BCUT2D eigenvalue weighted by molar-refractivity contribution is -0.118. The summed E-state index contributed by atoms with van der Waals surface area (Å²) in [7, 11) is -4.22. The molecule has 1 aliphatic rings. The smallest absolute Gasteiger partial charge is 0.351 e. The third-order valence-electron chi connectivity index (χ3n) is 8.65. The molecule has 13 heteroatoms. The molecule has 0 bridgehead atoms. The summed E-state index contributed by atoms with van der Waals surface area (Å²) in [6.07, 6.45) is 0.957. The zero-order valence-electron chi connectivity index (χ0n) is 27.8. The Morgan fingerprint density at radius 1 is 0.904 bits per heavy atom. The molecule has 0 saturated heterocycles. The van der Waals surface area contributed by atoms with Gasteiger partial charge in [-0.1, -0.05) is 96.6 Å². The molecule has 8 nitrogen and oxygen atoms in total. The first-order valence-electron chi connectivity index (χ1n) is 16.2. The molecular formula is C39H34ClF3N2O6S. The van der Waals surface area contributed by atoms with E-state index in [0.29, 0.717) is 45.8 Å². The quantitative estimate of drug-likeness (QED) is 0.0987. The van der Waals surface area contributed by atoms with Crippen LogP contribution in [0.5, 0.6) is 0 Å². The Balaban J connectivity index is 1.34. The number of ketones is 1. The second-order valence-corrected chi connectivity index (χ2v) is 14.4. The first-order chi connectivity index (χ1) is 24.6. The van der Waals surface area contributed by atoms with Crippen LogP contribution in [-0.2, 0) is 19.7 Å². The average molecular weight is 751 g/mol. The van der Waals surface area contributed by atoms with Crippen LogP contribution < -0.4 is 10.6 Å². The molecular weight excluding hydrogens is 717 g/mol. The fourth-order valence-corrected chi connectivity index (χ4v) is 6.49. The average Bonchev–Trinajstić information content (AvgIpc) is 3.10. The van der Waals surface area contributed by atoms with Crippen LogP contribution in [-0.4, -0.2) is 49.0 Å². The van der Waals surface area contributed by atoms with Gasteiger partial charge in [0.2, 0.25) is 5.91 Å². The van der Waals surface area contributed by atoms with E-state index in [-0.39, 0.29) is 18.4 Å². The van der Waals surface area contributed by atoms with Crippen molar-refractivity contribution in [3.63, 3.8) is 0 Å². The van der Waals surface area contributed by atoms with Gasteiger partial charge in [-0.05, 0) is 83.3 Å². The topological polar surface area (TPSA) is 130 Å². The van der Waals surface area contributed by atoms with E-state index in [1.54, 1.807) is 36.4 Å². The van der Waals surface area contributed by atoms with Crippen molar-refractivity contribution in [3.05, 3.63) is 137 Å². The lowest BCUT2D eigenvalue weighted by Gasteiger charge is -2.23. The number of anilines is 1. The SMILES string of the molecule is Cc1cc(Cl)ccc1-c1ccc(NC(=O)[C@H](CC2C=CC(C(=O)NCCS(=O)(=O)O)=CC2)c2ccc(-c3ccc(C(=O)C(F)(F)F)cc3)cc2)cc1. The maximum absolute atomic E-state index is 13.9. The standard InChI is InChI=1S/C39H34ClF3N2O6S/c1-24-22-32(40)16-19-34(24)28-14-17-33(18-15-28)45-38(48)35(23-25-2-4-31(5-3-25)37(47)44-20-21-52(49,50)51)29-10-6-26(7-11-29)27-8-12-30(13-9-27)36(46)39(41,42)43/h2,4-19,22,25,35H,3,20-21,23H2,1H3,(H,44,47)(H,45,48)(H,49,50,51)/t25?,35-/m1/s1. The van der Waals surface area contributed by atoms with E-state index in [2.05, 4.69) is 10.6 Å². The Morgan fingerprint density at radius 2 is 1.52 bits per heavy atom. The predicted octanol–water partition coefficient (Wildman–Crippen LogP) is 8.35. The Morgan fingerprint density at radius 3 is 2.08 bits per heavy atom. The van der Waals surface area contributed by atoms with Gasteiger partial charge in [0.25, 0.3) is 21.8 Å². The number of amides is 2. The van der Waals surface area contributed by atoms with Crippen LogP contribution in [0.15, 0.2) is 115 Å². The van der Waals surface area contributed by atoms with Gasteiger partial charge in [-0.15, -0.1) is 0 Å². The third-order valence-corrected chi connectivity index (χ3v) is 9.61. The summed E-state index contributed by atoms with van der Waals surface area (Å²) >= 11 is 6.12. The molecule has 52 heavy (non-hydrogen) atoms. The number of aryl methyl sites for hydroxylation is 1. The molecule has 0 saturated carbocycles. The van der Waals surface area contributed by atoms with Gasteiger partial charge < -0.3 is 10.6 Å². The monoisotopic (exact) mass is 750 g/mol. The predicted molar refractivity (Wildman–Crippen MR) is 195 cm³/mol. The maximum atomic E-state index is 13.9. The minimum absolute atomic E-state index is 0.140. The largest absolute Gasteiger partial charge is 0.454 e. The number of alkyl halides is 3. The van der Waals surface area contributed by atoms with Crippen LogP contribution in [0.2, 0.25) is 5.02 Å². The van der Waals surface area contributed by atoms with E-state index >= 15 is 0 Å². The highest BCUT2D eigenvalue weighted by atomic mass is 35.5. The highest BCUT2D eigenvalue weighted by Crippen LogP contribution is 2.33. The number of halogens is 4. The number of rotatable bonds is 12. The van der Waals surface area contributed by atoms with Crippen molar-refractivity contribution in [2.75, 3.05) is 17.6 Å². The van der Waals surface area contributed by atoms with Crippen LogP contribution in [0.25, 0.3) is 22.3 Å². The molecule has 1 unspecified atom stereocenters. The Labute approximate surface area is 304 Å². The summed E-state index contributed by atoms with van der Waals surface area (Å²) < 4.78 is 69.4. The summed E-state index contributed by atoms with van der Waals surface area (Å²) in [6.45, 7) is 1.71. The fourth-order valence-electron chi connectivity index (χ4n) is 5.90. The number of allylic oxidation sites excluding steroid dienone is 2. The summed E-state index contributed by atoms with van der Waals surface area (Å²) in [6, 6.07) is 25.2. The van der Waals surface area contributed by atoms with Crippen molar-refractivity contribution in [2.24, 2.45) is 5.92 Å². The molecule has 270 valence electrons. The molecule has 3 N–H and O–H groups in total. The first kappa shape index (κ1) is 38.2. The van der Waals surface area contributed by atoms with E-state index in [9.17, 15) is 36.0 Å². The highest BCUT2D eigenvalue weighted by molar-refractivity contribution is 7.85. The van der Waals surface area contributed by atoms with E-state index < -0.39 is 45.2 Å². The van der Waals surface area contributed by atoms with Crippen molar-refractivity contribution in [3.8, 4) is 22.3 Å². The number of benzene rings is 4. The fraction of sp³-hybridized carbons (Fsp3) is 0.205. The van der Waals surface area contributed by atoms with Gasteiger partial charge in [-0.2, -0.15) is 21.6 Å². The van der Waals surface area contributed by atoms with Gasteiger partial charge in [0.05, 0.1) is 11.7 Å². The minimum Gasteiger partial charge on any atom is -0.351 e. The molecule has 0 radical (unpaired) electrons. The molecule has 0 fully saturated rings. The zero-order chi connectivity index (χ0) is 37.6. The number of carbonyl (C=O) groups excluding carboxylic acids is 3. The molecule has 4 aromatic carbocycles. The van der Waals surface area contributed by atoms with Gasteiger partial charge >= 0.3 is 6.18 Å². The second-order valence-electron chi connectivity index (χ2n) is 12.4. The summed E-state index contributed by atoms with van der Waals surface area (Å²) in [5, 5.41) is 6.11. The molecule has 1 aliphatic carbocycles. The lowest BCUT2D eigenvalue weighted by Crippen LogP contribution is -2.30. The minimum atomic E-state index is -4.97. The van der Waals surface area contributed by atoms with E-state index in [4.69, 9.17) is 16.2 Å². The number of carbonyl (C=O) groups is 3. The third kappa shape index (κ3) is 10.1. The Hall–Kier alpha value is -5.04. The van der Waals surface area contributed by atoms with E-state index in [1.807, 2.05) is 55.5 Å². The normalized spacial score (nSPS) is 15.0. The molecule has 0 spiro atoms. The number of Topliss-reactive ketones (excluding diaryl/α,β-unsaturated/α-hetero) is 1. The van der Waals surface area contributed by atoms with E-state index in [0.717, 1.165) is 28.8 Å². The number of hydrogen-bond acceptors (Lipinski definition) is 5. The molecule has 0 aromatic heterocycles. The van der Waals surface area contributed by atoms with Crippen molar-refractivity contribution < 1.29 is 40.5 Å². The van der Waals surface area contributed by atoms with Crippen LogP contribution in [0.1, 0.15) is 40.2 Å². The molecule has 2 atom stereocenters. The van der Waals surface area contributed by atoms with Gasteiger partial charge in [0.1, 0.15) is 0 Å². The number of hydrogen-bond donors (Lipinski definition) is 3. The Bertz CT molecular complexity index is 2130. The van der Waals surface area contributed by atoms with Crippen LogP contribution >= 0.6 is 11.6 Å². The number of nitrogens with one attached hydrogen (secondary N) is 2. The highest BCUT2D eigenvalue weighted by Gasteiger charge is 2.39. The van der Waals surface area contributed by atoms with Crippen molar-refractivity contribution in [1.29, 1.82) is 0 Å². The zero-order valence-corrected chi connectivity index (χ0v) is 29.4. The first-order valence-corrected chi connectivity index (χ1v) is 18.2. The van der Waals surface area contributed by atoms with Gasteiger partial charge in [-0.25, -0.2) is 0 Å². The van der Waals surface area contributed by atoms with Crippen molar-refractivity contribution >= 4 is 45.0 Å². The Kier molecular flexibility index (Phi) is 11.8. The molecule has 0 aliphatic heterocycles. The van der Waals surface area contributed by atoms with Crippen molar-refractivity contribution in [2.45, 2.75) is 31.9 Å². The van der Waals surface area contributed by atoms with Crippen molar-refractivity contribution in [1.82, 2.24) is 5.32 Å². The van der Waals surface area contributed by atoms with E-state index in [1.165, 1.54) is 12.1 Å². The van der Waals surface area contributed by atoms with Crippen LogP contribution in [0, 0.1) is 12.8 Å². The summed E-state index contributed by atoms with van der Waals surface area (Å²) in [4.78, 5) is 38.0. The lowest BCUT2D eigenvalue weighted by atomic mass is 9.83. The molecule has 2 amide bonds. The van der Waals surface area contributed by atoms with Crippen LogP contribution in [0.4, 0.5) is 18.9 Å². The summed E-state index contributed by atoms with van der Waals surface area (Å²) in [5.74, 6) is -4.08.